The molecule has 0 saturated carbocycles. The Morgan fingerprint density at radius 2 is 0.812 bits per heavy atom. The van der Waals surface area contributed by atoms with Crippen molar-refractivity contribution in [3.63, 3.8) is 0 Å². The maximum atomic E-state index is 12.0. The second-order valence-corrected chi connectivity index (χ2v) is 9.78. The standard InChI is InChI=1S/C29H56O3/c1-2-3-4-5-6-7-8-9-10-11-12-13-16-19-22-25-29(31)26-23-20-17-14-15-18-21-24-27-32-28-30/h28H,2-27H2,1H3. The molecule has 0 aliphatic carbocycles. The van der Waals surface area contributed by atoms with E-state index in [0.717, 1.165) is 38.5 Å². The number of carbonyl (C=O) groups excluding carboxylic acids is 2. The van der Waals surface area contributed by atoms with Crippen LogP contribution in [-0.4, -0.2) is 18.9 Å². The Kier molecular flexibility index (Phi) is 27.4. The molecule has 0 radical (unpaired) electrons. The average molecular weight is 453 g/mol. The van der Waals surface area contributed by atoms with E-state index < -0.39 is 0 Å². The molecular formula is C29H56O3. The van der Waals surface area contributed by atoms with E-state index in [4.69, 9.17) is 0 Å². The maximum absolute atomic E-state index is 12.0. The minimum atomic E-state index is 0.481. The van der Waals surface area contributed by atoms with Crippen LogP contribution in [0.25, 0.3) is 0 Å². The van der Waals surface area contributed by atoms with Crippen LogP contribution >= 0.6 is 0 Å². The van der Waals surface area contributed by atoms with Crippen LogP contribution in [0.5, 0.6) is 0 Å². The molecule has 0 aromatic rings. The molecule has 0 aromatic heterocycles. The van der Waals surface area contributed by atoms with E-state index in [2.05, 4.69) is 11.7 Å². The van der Waals surface area contributed by atoms with E-state index >= 15 is 0 Å². The zero-order chi connectivity index (χ0) is 23.4. The monoisotopic (exact) mass is 452 g/mol. The van der Waals surface area contributed by atoms with Gasteiger partial charge < -0.3 is 4.74 Å². The van der Waals surface area contributed by atoms with Crippen molar-refractivity contribution < 1.29 is 14.3 Å². The van der Waals surface area contributed by atoms with E-state index in [9.17, 15) is 9.59 Å². The quantitative estimate of drug-likeness (QED) is 0.0876. The van der Waals surface area contributed by atoms with Gasteiger partial charge in [-0.3, -0.25) is 9.59 Å². The Balaban J connectivity index is 3.14. The third-order valence-electron chi connectivity index (χ3n) is 6.60. The first kappa shape index (κ1) is 31.1. The zero-order valence-electron chi connectivity index (χ0n) is 21.7. The summed E-state index contributed by atoms with van der Waals surface area (Å²) in [6.45, 7) is 3.37. The molecule has 0 saturated heterocycles. The fourth-order valence-corrected chi connectivity index (χ4v) is 4.43. The van der Waals surface area contributed by atoms with Gasteiger partial charge in [0.2, 0.25) is 0 Å². The minimum Gasteiger partial charge on any atom is -0.468 e. The molecule has 0 rings (SSSR count). The van der Waals surface area contributed by atoms with Crippen LogP contribution in [0.4, 0.5) is 0 Å². The summed E-state index contributed by atoms with van der Waals surface area (Å²) in [6.07, 6.45) is 31.6. The lowest BCUT2D eigenvalue weighted by Crippen LogP contribution is -1.97. The first-order valence-electron chi connectivity index (χ1n) is 14.4. The molecule has 0 heterocycles. The topological polar surface area (TPSA) is 43.4 Å². The molecule has 0 aliphatic rings. The van der Waals surface area contributed by atoms with Gasteiger partial charge in [0.1, 0.15) is 5.78 Å². The number of hydrogen-bond donors (Lipinski definition) is 0. The predicted octanol–water partition coefficient (Wildman–Crippen LogP) is 9.50. The van der Waals surface area contributed by atoms with Gasteiger partial charge in [0.15, 0.2) is 0 Å². The second-order valence-electron chi connectivity index (χ2n) is 9.78. The van der Waals surface area contributed by atoms with E-state index in [-0.39, 0.29) is 0 Å². The van der Waals surface area contributed by atoms with Gasteiger partial charge in [0, 0.05) is 12.8 Å². The third-order valence-corrected chi connectivity index (χ3v) is 6.60. The van der Waals surface area contributed by atoms with Crippen LogP contribution in [0.15, 0.2) is 0 Å². The molecule has 0 amide bonds. The fourth-order valence-electron chi connectivity index (χ4n) is 4.43. The molecule has 3 nitrogen and oxygen atoms in total. The Morgan fingerprint density at radius 1 is 0.500 bits per heavy atom. The van der Waals surface area contributed by atoms with Gasteiger partial charge in [-0.15, -0.1) is 0 Å². The largest absolute Gasteiger partial charge is 0.468 e. The van der Waals surface area contributed by atoms with E-state index in [1.807, 2.05) is 0 Å². The third kappa shape index (κ3) is 27.2. The molecular weight excluding hydrogens is 396 g/mol. The van der Waals surface area contributed by atoms with Gasteiger partial charge in [0.05, 0.1) is 6.61 Å². The van der Waals surface area contributed by atoms with Crippen molar-refractivity contribution in [3.8, 4) is 0 Å². The van der Waals surface area contributed by atoms with Crippen LogP contribution in [0.1, 0.15) is 167 Å². The molecule has 0 spiro atoms. The first-order valence-corrected chi connectivity index (χ1v) is 14.4. The summed E-state index contributed by atoms with van der Waals surface area (Å²) >= 11 is 0. The summed E-state index contributed by atoms with van der Waals surface area (Å²) < 4.78 is 4.69. The average Bonchev–Trinajstić information content (AvgIpc) is 2.80. The smallest absolute Gasteiger partial charge is 0.293 e. The molecule has 0 atom stereocenters. The Hall–Kier alpha value is -0.860. The van der Waals surface area contributed by atoms with Crippen LogP contribution < -0.4 is 0 Å². The summed E-state index contributed by atoms with van der Waals surface area (Å²) in [6, 6.07) is 0. The molecule has 0 unspecified atom stereocenters. The van der Waals surface area contributed by atoms with Crippen molar-refractivity contribution in [2.24, 2.45) is 0 Å². The van der Waals surface area contributed by atoms with Gasteiger partial charge in [-0.05, 0) is 19.3 Å². The first-order chi connectivity index (χ1) is 15.8. The van der Waals surface area contributed by atoms with Gasteiger partial charge in [-0.2, -0.15) is 0 Å². The number of Topliss-reactive ketones (excluding diaryl/α,β-unsaturated/α-hetero) is 1. The molecule has 0 bridgehead atoms. The molecule has 32 heavy (non-hydrogen) atoms. The Bertz CT molecular complexity index is 381. The molecule has 0 aromatic carbocycles. The lowest BCUT2D eigenvalue weighted by molar-refractivity contribution is -0.128. The molecule has 3 heteroatoms. The van der Waals surface area contributed by atoms with E-state index in [0.29, 0.717) is 18.9 Å². The lowest BCUT2D eigenvalue weighted by Gasteiger charge is -2.04. The second kappa shape index (κ2) is 28.2. The summed E-state index contributed by atoms with van der Waals surface area (Å²) in [5.41, 5.74) is 0. The van der Waals surface area contributed by atoms with Crippen LogP contribution in [0, 0.1) is 0 Å². The van der Waals surface area contributed by atoms with Crippen molar-refractivity contribution in [2.75, 3.05) is 6.61 Å². The van der Waals surface area contributed by atoms with E-state index in [1.165, 1.54) is 122 Å². The van der Waals surface area contributed by atoms with Crippen molar-refractivity contribution in [3.05, 3.63) is 0 Å². The van der Waals surface area contributed by atoms with Crippen LogP contribution in [-0.2, 0) is 14.3 Å². The molecule has 0 fully saturated rings. The molecule has 0 N–H and O–H groups in total. The van der Waals surface area contributed by atoms with Gasteiger partial charge >= 0.3 is 0 Å². The number of rotatable bonds is 28. The Morgan fingerprint density at radius 3 is 1.16 bits per heavy atom. The van der Waals surface area contributed by atoms with Gasteiger partial charge in [-0.25, -0.2) is 0 Å². The number of hydrogen-bond acceptors (Lipinski definition) is 3. The zero-order valence-corrected chi connectivity index (χ0v) is 21.7. The highest BCUT2D eigenvalue weighted by Crippen LogP contribution is 2.15. The minimum absolute atomic E-state index is 0.481. The predicted molar refractivity (Wildman–Crippen MR) is 138 cm³/mol. The summed E-state index contributed by atoms with van der Waals surface area (Å²) in [5, 5.41) is 0. The summed E-state index contributed by atoms with van der Waals surface area (Å²) in [7, 11) is 0. The Labute approximate surface area is 200 Å². The van der Waals surface area contributed by atoms with Crippen molar-refractivity contribution in [2.45, 2.75) is 167 Å². The SMILES string of the molecule is CCCCCCCCCCCCCCCCCC(=O)CCCCCCCCCCOC=O. The van der Waals surface area contributed by atoms with Gasteiger partial charge in [0.25, 0.3) is 6.47 Å². The van der Waals surface area contributed by atoms with Crippen LogP contribution in [0.2, 0.25) is 0 Å². The number of ether oxygens (including phenoxy) is 1. The fraction of sp³-hybridized carbons (Fsp3) is 0.931. The number of unbranched alkanes of at least 4 members (excludes halogenated alkanes) is 21. The van der Waals surface area contributed by atoms with Crippen molar-refractivity contribution in [1.82, 2.24) is 0 Å². The number of ketones is 1. The van der Waals surface area contributed by atoms with E-state index in [1.54, 1.807) is 0 Å². The van der Waals surface area contributed by atoms with Crippen molar-refractivity contribution >= 4 is 12.3 Å². The highest BCUT2D eigenvalue weighted by atomic mass is 16.5. The van der Waals surface area contributed by atoms with Crippen LogP contribution in [0.3, 0.4) is 0 Å². The number of carbonyl (C=O) groups is 2. The highest BCUT2D eigenvalue weighted by molar-refractivity contribution is 5.78. The lowest BCUT2D eigenvalue weighted by atomic mass is 10.0. The maximum Gasteiger partial charge on any atom is 0.293 e. The summed E-state index contributed by atoms with van der Waals surface area (Å²) in [4.78, 5) is 22.0. The van der Waals surface area contributed by atoms with Gasteiger partial charge in [-0.1, -0.05) is 135 Å². The highest BCUT2D eigenvalue weighted by Gasteiger charge is 2.02. The van der Waals surface area contributed by atoms with Crippen molar-refractivity contribution in [1.29, 1.82) is 0 Å². The molecule has 0 aliphatic heterocycles. The normalized spacial score (nSPS) is 11.0. The summed E-state index contributed by atoms with van der Waals surface area (Å²) in [5.74, 6) is 0.481. The molecule has 190 valence electrons.